The second kappa shape index (κ2) is 5.84. The van der Waals surface area contributed by atoms with Crippen LogP contribution in [0.3, 0.4) is 0 Å². The van der Waals surface area contributed by atoms with Crippen LogP contribution in [0.2, 0.25) is 0 Å². The van der Waals surface area contributed by atoms with Crippen molar-refractivity contribution in [2.45, 2.75) is 44.6 Å². The molecule has 0 unspecified atom stereocenters. The van der Waals surface area contributed by atoms with Crippen LogP contribution in [-0.4, -0.2) is 60.6 Å². The molecule has 132 valence electrons. The van der Waals surface area contributed by atoms with Crippen LogP contribution in [0, 0.1) is 5.92 Å². The molecule has 0 radical (unpaired) electrons. The number of hydrogen-bond donors (Lipinski definition) is 0. The molecule has 5 rings (SSSR count). The van der Waals surface area contributed by atoms with Gasteiger partial charge in [0.2, 0.25) is 10.0 Å². The zero-order valence-electron chi connectivity index (χ0n) is 13.9. The summed E-state index contributed by atoms with van der Waals surface area (Å²) in [6.07, 6.45) is 6.90. The van der Waals surface area contributed by atoms with Crippen LogP contribution in [0.1, 0.15) is 47.5 Å². The van der Waals surface area contributed by atoms with Crippen molar-refractivity contribution in [3.8, 4) is 0 Å². The molecule has 4 heterocycles. The van der Waals surface area contributed by atoms with E-state index in [-0.39, 0.29) is 17.9 Å². The zero-order valence-corrected chi connectivity index (χ0v) is 14.7. The van der Waals surface area contributed by atoms with Gasteiger partial charge in [0.05, 0.1) is 6.26 Å². The van der Waals surface area contributed by atoms with E-state index in [1.165, 1.54) is 10.6 Å². The summed E-state index contributed by atoms with van der Waals surface area (Å²) in [5, 5.41) is 4.06. The van der Waals surface area contributed by atoms with Crippen molar-refractivity contribution in [3.63, 3.8) is 0 Å². The number of sulfonamides is 1. The van der Waals surface area contributed by atoms with Gasteiger partial charge in [-0.2, -0.15) is 4.31 Å². The third kappa shape index (κ3) is 2.75. The van der Waals surface area contributed by atoms with Crippen molar-refractivity contribution in [2.75, 3.05) is 25.9 Å². The van der Waals surface area contributed by atoms with Gasteiger partial charge in [0.1, 0.15) is 5.76 Å². The molecule has 0 N–H and O–H groups in total. The molecular weight excluding hydrogens is 330 g/mol. The molecule has 3 aliphatic heterocycles. The van der Waals surface area contributed by atoms with Crippen molar-refractivity contribution >= 4 is 15.9 Å². The average molecular weight is 353 g/mol. The van der Waals surface area contributed by atoms with E-state index in [9.17, 15) is 13.2 Å². The van der Waals surface area contributed by atoms with Gasteiger partial charge in [0, 0.05) is 37.7 Å². The Balaban J connectivity index is 1.61. The quantitative estimate of drug-likeness (QED) is 0.793. The van der Waals surface area contributed by atoms with Crippen LogP contribution in [-0.2, 0) is 22.9 Å². The van der Waals surface area contributed by atoms with Gasteiger partial charge < -0.3 is 9.42 Å². The van der Waals surface area contributed by atoms with Crippen molar-refractivity contribution < 1.29 is 17.7 Å². The predicted octanol–water partition coefficient (Wildman–Crippen LogP) is 1.05. The summed E-state index contributed by atoms with van der Waals surface area (Å²) < 4.78 is 30.8. The monoisotopic (exact) mass is 353 g/mol. The number of carbonyl (C=O) groups is 1. The van der Waals surface area contributed by atoms with Crippen LogP contribution in [0.15, 0.2) is 4.52 Å². The molecule has 1 amide bonds. The molecular formula is C16H23N3O4S. The number of aryl methyl sites for hydroxylation is 1. The molecule has 24 heavy (non-hydrogen) atoms. The third-order valence-electron chi connectivity index (χ3n) is 5.56. The number of aromatic nitrogens is 1. The number of carbonyl (C=O) groups excluding carboxylic acids is 1. The zero-order chi connectivity index (χ0) is 16.9. The fourth-order valence-corrected chi connectivity index (χ4v) is 5.17. The van der Waals surface area contributed by atoms with Gasteiger partial charge in [0.15, 0.2) is 5.69 Å². The van der Waals surface area contributed by atoms with E-state index in [1.807, 2.05) is 4.90 Å². The Kier molecular flexibility index (Phi) is 3.91. The number of nitrogens with zero attached hydrogens (tertiary/aromatic N) is 3. The van der Waals surface area contributed by atoms with Gasteiger partial charge in [-0.25, -0.2) is 8.42 Å². The summed E-state index contributed by atoms with van der Waals surface area (Å²) in [7, 11) is -3.23. The first-order valence-electron chi connectivity index (χ1n) is 8.67. The Labute approximate surface area is 142 Å². The number of amides is 1. The molecule has 1 aromatic heterocycles. The van der Waals surface area contributed by atoms with E-state index in [0.29, 0.717) is 25.3 Å². The molecule has 2 atom stereocenters. The smallest absolute Gasteiger partial charge is 0.276 e. The fraction of sp³-hybridized carbons (Fsp3) is 0.750. The summed E-state index contributed by atoms with van der Waals surface area (Å²) in [6.45, 7) is 1.51. The molecule has 1 aromatic rings. The molecule has 0 saturated carbocycles. The van der Waals surface area contributed by atoms with Gasteiger partial charge in [-0.3, -0.25) is 4.79 Å². The maximum atomic E-state index is 13.1. The summed E-state index contributed by atoms with van der Waals surface area (Å²) in [6, 6.07) is -0.0677. The Morgan fingerprint density at radius 1 is 1.17 bits per heavy atom. The first-order chi connectivity index (χ1) is 11.4. The minimum Gasteiger partial charge on any atom is -0.360 e. The van der Waals surface area contributed by atoms with Crippen LogP contribution in [0.25, 0.3) is 0 Å². The lowest BCUT2D eigenvalue weighted by Crippen LogP contribution is -2.48. The number of piperidine rings is 1. The first-order valence-corrected chi connectivity index (χ1v) is 10.5. The summed E-state index contributed by atoms with van der Waals surface area (Å²) in [4.78, 5) is 14.9. The lowest BCUT2D eigenvalue weighted by atomic mass is 9.93. The Hall–Kier alpha value is -1.41. The molecule has 7 nitrogen and oxygen atoms in total. The highest BCUT2D eigenvalue weighted by Gasteiger charge is 2.41. The minimum atomic E-state index is -3.23. The molecule has 4 aliphatic rings. The Morgan fingerprint density at radius 3 is 2.75 bits per heavy atom. The Morgan fingerprint density at radius 2 is 1.96 bits per heavy atom. The highest BCUT2D eigenvalue weighted by atomic mass is 32.2. The van der Waals surface area contributed by atoms with E-state index in [2.05, 4.69) is 5.16 Å². The summed E-state index contributed by atoms with van der Waals surface area (Å²) >= 11 is 0. The van der Waals surface area contributed by atoms with E-state index in [4.69, 9.17) is 4.52 Å². The van der Waals surface area contributed by atoms with E-state index >= 15 is 0 Å². The number of fused-ring (bicyclic) bond motifs is 5. The normalized spacial score (nSPS) is 27.8. The largest absolute Gasteiger partial charge is 0.360 e. The Bertz CT molecular complexity index is 757. The van der Waals surface area contributed by atoms with Gasteiger partial charge in [-0.15, -0.1) is 0 Å². The maximum absolute atomic E-state index is 13.1. The predicted molar refractivity (Wildman–Crippen MR) is 87.1 cm³/mol. The van der Waals surface area contributed by atoms with Crippen molar-refractivity contribution in [2.24, 2.45) is 5.92 Å². The molecule has 0 spiro atoms. The van der Waals surface area contributed by atoms with Gasteiger partial charge >= 0.3 is 0 Å². The standard InChI is InChI=1S/C16H23N3O4S/c1-24(21,22)18-8-11-6-7-12(10-18)19(9-11)16(20)15-13-4-2-3-5-14(13)23-17-15/h11-12H,2-10H2,1H3/t11-,12+/m1/s1. The molecule has 0 aromatic carbocycles. The molecule has 3 fully saturated rings. The molecule has 8 heteroatoms. The van der Waals surface area contributed by atoms with Gasteiger partial charge in [-0.05, 0) is 38.0 Å². The molecule has 3 saturated heterocycles. The molecule has 1 aliphatic carbocycles. The SMILES string of the molecule is CS(=O)(=O)N1C[C@H]2CC[C@@H](C1)N(C(=O)c1noc3c1CCCC3)C2. The third-order valence-corrected chi connectivity index (χ3v) is 6.80. The second-order valence-electron chi connectivity index (χ2n) is 7.27. The van der Waals surface area contributed by atoms with Gasteiger partial charge in [-0.1, -0.05) is 5.16 Å². The van der Waals surface area contributed by atoms with Crippen molar-refractivity contribution in [1.82, 2.24) is 14.4 Å². The second-order valence-corrected chi connectivity index (χ2v) is 9.26. The first kappa shape index (κ1) is 16.1. The van der Waals surface area contributed by atoms with Crippen LogP contribution in [0.5, 0.6) is 0 Å². The van der Waals surface area contributed by atoms with Crippen LogP contribution < -0.4 is 0 Å². The van der Waals surface area contributed by atoms with Crippen molar-refractivity contribution in [3.05, 3.63) is 17.0 Å². The highest BCUT2D eigenvalue weighted by Crippen LogP contribution is 2.32. The topological polar surface area (TPSA) is 83.7 Å². The van der Waals surface area contributed by atoms with E-state index in [1.54, 1.807) is 0 Å². The van der Waals surface area contributed by atoms with Crippen LogP contribution in [0.4, 0.5) is 0 Å². The maximum Gasteiger partial charge on any atom is 0.276 e. The lowest BCUT2D eigenvalue weighted by molar-refractivity contribution is 0.0577. The average Bonchev–Trinajstić information content (AvgIpc) is 2.74. The van der Waals surface area contributed by atoms with E-state index < -0.39 is 10.0 Å². The fourth-order valence-electron chi connectivity index (χ4n) is 4.25. The lowest BCUT2D eigenvalue weighted by Gasteiger charge is -2.35. The summed E-state index contributed by atoms with van der Waals surface area (Å²) in [5.74, 6) is 0.958. The highest BCUT2D eigenvalue weighted by molar-refractivity contribution is 7.88. The van der Waals surface area contributed by atoms with E-state index in [0.717, 1.165) is 49.8 Å². The van der Waals surface area contributed by atoms with Crippen LogP contribution >= 0.6 is 0 Å². The molecule has 2 bridgehead atoms. The number of hydrogen-bond acceptors (Lipinski definition) is 5. The summed E-state index contributed by atoms with van der Waals surface area (Å²) in [5.41, 5.74) is 1.41. The number of rotatable bonds is 2. The van der Waals surface area contributed by atoms with Crippen molar-refractivity contribution in [1.29, 1.82) is 0 Å². The minimum absolute atomic E-state index is 0.0677. The van der Waals surface area contributed by atoms with Gasteiger partial charge in [0.25, 0.3) is 5.91 Å².